The molecular formula is C19H28N2O3. The molecule has 1 aromatic carbocycles. The van der Waals surface area contributed by atoms with Crippen LogP contribution < -0.4 is 20.1 Å². The Kier molecular flexibility index (Phi) is 4.88. The number of hydrogen-bond donors (Lipinski definition) is 2. The fourth-order valence-electron chi connectivity index (χ4n) is 3.45. The van der Waals surface area contributed by atoms with E-state index in [9.17, 15) is 4.79 Å². The van der Waals surface area contributed by atoms with Crippen LogP contribution in [0, 0.1) is 5.92 Å². The summed E-state index contributed by atoms with van der Waals surface area (Å²) in [5, 5.41) is 6.13. The van der Waals surface area contributed by atoms with Crippen molar-refractivity contribution in [1.82, 2.24) is 10.6 Å². The highest BCUT2D eigenvalue weighted by molar-refractivity contribution is 5.74. The molecule has 5 nitrogen and oxygen atoms in total. The number of hydrogen-bond acceptors (Lipinski definition) is 3. The maximum absolute atomic E-state index is 12.2. The van der Waals surface area contributed by atoms with E-state index in [1.807, 2.05) is 18.2 Å². The molecule has 2 unspecified atom stereocenters. The average Bonchev–Trinajstić information content (AvgIpc) is 2.97. The monoisotopic (exact) mass is 332 g/mol. The first-order valence-electron chi connectivity index (χ1n) is 8.90. The third kappa shape index (κ3) is 3.77. The van der Waals surface area contributed by atoms with E-state index >= 15 is 0 Å². The second kappa shape index (κ2) is 6.91. The zero-order chi connectivity index (χ0) is 17.2. The number of ether oxygens (including phenoxy) is 2. The number of benzene rings is 1. The number of rotatable bonds is 4. The quantitative estimate of drug-likeness (QED) is 0.890. The van der Waals surface area contributed by atoms with Crippen molar-refractivity contribution in [2.24, 2.45) is 5.92 Å². The molecule has 1 heterocycles. The lowest BCUT2D eigenvalue weighted by molar-refractivity contribution is 0.171. The van der Waals surface area contributed by atoms with Gasteiger partial charge in [-0.25, -0.2) is 4.79 Å². The summed E-state index contributed by atoms with van der Waals surface area (Å²) in [5.41, 5.74) is 0.940. The third-order valence-corrected chi connectivity index (χ3v) is 5.19. The van der Waals surface area contributed by atoms with E-state index in [0.29, 0.717) is 31.7 Å². The molecule has 2 N–H and O–H groups in total. The first kappa shape index (κ1) is 16.9. The Labute approximate surface area is 144 Å². The predicted molar refractivity (Wildman–Crippen MR) is 93.8 cm³/mol. The second-order valence-electron chi connectivity index (χ2n) is 7.58. The van der Waals surface area contributed by atoms with Crippen molar-refractivity contribution in [2.45, 2.75) is 51.5 Å². The van der Waals surface area contributed by atoms with E-state index in [4.69, 9.17) is 9.47 Å². The van der Waals surface area contributed by atoms with E-state index in [0.717, 1.165) is 23.5 Å². The maximum Gasteiger partial charge on any atom is 0.315 e. The van der Waals surface area contributed by atoms with Crippen molar-refractivity contribution in [2.75, 3.05) is 19.8 Å². The van der Waals surface area contributed by atoms with Crippen molar-refractivity contribution < 1.29 is 14.3 Å². The topological polar surface area (TPSA) is 59.6 Å². The number of urea groups is 1. The summed E-state index contributed by atoms with van der Waals surface area (Å²) in [4.78, 5) is 12.2. The van der Waals surface area contributed by atoms with Gasteiger partial charge in [0.15, 0.2) is 11.5 Å². The highest BCUT2D eigenvalue weighted by Gasteiger charge is 2.27. The van der Waals surface area contributed by atoms with Crippen molar-refractivity contribution >= 4 is 6.03 Å². The molecule has 2 aliphatic rings. The first-order chi connectivity index (χ1) is 11.5. The molecule has 1 fully saturated rings. The van der Waals surface area contributed by atoms with Gasteiger partial charge in [0.2, 0.25) is 0 Å². The zero-order valence-electron chi connectivity index (χ0n) is 14.9. The minimum Gasteiger partial charge on any atom is -0.486 e. The minimum atomic E-state index is -0.186. The summed E-state index contributed by atoms with van der Waals surface area (Å²) in [5.74, 6) is 2.15. The van der Waals surface area contributed by atoms with Crippen LogP contribution in [-0.2, 0) is 5.41 Å². The molecule has 1 saturated carbocycles. The van der Waals surface area contributed by atoms with Crippen molar-refractivity contribution in [3.8, 4) is 11.5 Å². The normalized spacial score (nSPS) is 23.0. The molecule has 24 heavy (non-hydrogen) atoms. The third-order valence-electron chi connectivity index (χ3n) is 5.19. The number of carbonyl (C=O) groups is 1. The fraction of sp³-hybridized carbons (Fsp3) is 0.632. The van der Waals surface area contributed by atoms with Gasteiger partial charge in [0.05, 0.1) is 0 Å². The van der Waals surface area contributed by atoms with Gasteiger partial charge in [-0.05, 0) is 36.5 Å². The van der Waals surface area contributed by atoms with Gasteiger partial charge in [-0.3, -0.25) is 0 Å². The molecule has 0 aromatic heterocycles. The van der Waals surface area contributed by atoms with Gasteiger partial charge in [-0.15, -0.1) is 0 Å². The van der Waals surface area contributed by atoms with Crippen LogP contribution in [0.5, 0.6) is 11.5 Å². The maximum atomic E-state index is 12.2. The first-order valence-corrected chi connectivity index (χ1v) is 8.90. The van der Waals surface area contributed by atoms with Crippen LogP contribution in [0.2, 0.25) is 0 Å². The summed E-state index contributed by atoms with van der Waals surface area (Å²) >= 11 is 0. The average molecular weight is 332 g/mol. The lowest BCUT2D eigenvalue weighted by atomic mass is 9.84. The van der Waals surface area contributed by atoms with Crippen LogP contribution in [-0.4, -0.2) is 31.8 Å². The van der Waals surface area contributed by atoms with Gasteiger partial charge in [0.25, 0.3) is 0 Å². The Hall–Kier alpha value is -1.91. The number of nitrogens with one attached hydrogen (secondary N) is 2. The van der Waals surface area contributed by atoms with Gasteiger partial charge >= 0.3 is 6.03 Å². The van der Waals surface area contributed by atoms with Gasteiger partial charge in [-0.1, -0.05) is 33.3 Å². The molecule has 0 radical (unpaired) electrons. The minimum absolute atomic E-state index is 0.0700. The van der Waals surface area contributed by atoms with Crippen LogP contribution in [0.15, 0.2) is 18.2 Å². The van der Waals surface area contributed by atoms with E-state index in [2.05, 4.69) is 31.4 Å². The molecular weight excluding hydrogens is 304 g/mol. The summed E-state index contributed by atoms with van der Waals surface area (Å²) < 4.78 is 11.2. The molecule has 1 aromatic rings. The van der Waals surface area contributed by atoms with E-state index in [1.165, 1.54) is 12.8 Å². The summed E-state index contributed by atoms with van der Waals surface area (Å²) in [6.45, 7) is 8.19. The lowest BCUT2D eigenvalue weighted by Gasteiger charge is -2.28. The summed E-state index contributed by atoms with van der Waals surface area (Å²) in [6, 6.07) is 6.26. The molecule has 1 aliphatic carbocycles. The Bertz CT molecular complexity index is 600. The number of carbonyl (C=O) groups excluding carboxylic acids is 1. The van der Waals surface area contributed by atoms with Gasteiger partial charge in [0.1, 0.15) is 13.2 Å². The van der Waals surface area contributed by atoms with Crippen molar-refractivity contribution in [3.05, 3.63) is 23.8 Å². The molecule has 0 bridgehead atoms. The SMILES string of the molecule is CC1CCCC1NC(=O)NCC(C)(C)c1ccc2c(c1)OCCO2. The molecule has 0 saturated heterocycles. The van der Waals surface area contributed by atoms with Crippen LogP contribution in [0.3, 0.4) is 0 Å². The Balaban J connectivity index is 1.58. The molecule has 0 spiro atoms. The van der Waals surface area contributed by atoms with Crippen molar-refractivity contribution in [1.29, 1.82) is 0 Å². The van der Waals surface area contributed by atoms with Crippen LogP contribution in [0.4, 0.5) is 4.79 Å². The highest BCUT2D eigenvalue weighted by Crippen LogP contribution is 2.35. The molecule has 2 atom stereocenters. The molecule has 3 rings (SSSR count). The van der Waals surface area contributed by atoms with E-state index in [-0.39, 0.29) is 11.4 Å². The van der Waals surface area contributed by atoms with E-state index in [1.54, 1.807) is 0 Å². The molecule has 2 amide bonds. The smallest absolute Gasteiger partial charge is 0.315 e. The standard InChI is InChI=1S/C19H28N2O3/c1-13-5-4-6-15(13)21-18(22)20-12-19(2,3)14-7-8-16-17(11-14)24-10-9-23-16/h7-8,11,13,15H,4-6,9-10,12H2,1-3H3,(H2,20,21,22). The summed E-state index contributed by atoms with van der Waals surface area (Å²) in [6.07, 6.45) is 3.49. The Morgan fingerprint density at radius 2 is 1.96 bits per heavy atom. The lowest BCUT2D eigenvalue weighted by Crippen LogP contribution is -2.46. The predicted octanol–water partition coefficient (Wildman–Crippen LogP) is 3.22. The van der Waals surface area contributed by atoms with Crippen LogP contribution >= 0.6 is 0 Å². The summed E-state index contributed by atoms with van der Waals surface area (Å²) in [7, 11) is 0. The van der Waals surface area contributed by atoms with Crippen molar-refractivity contribution in [3.63, 3.8) is 0 Å². The van der Waals surface area contributed by atoms with Crippen LogP contribution in [0.1, 0.15) is 45.6 Å². The number of amides is 2. The fourth-order valence-corrected chi connectivity index (χ4v) is 3.45. The largest absolute Gasteiger partial charge is 0.486 e. The second-order valence-corrected chi connectivity index (χ2v) is 7.58. The molecule has 132 valence electrons. The molecule has 1 aliphatic heterocycles. The number of fused-ring (bicyclic) bond motifs is 1. The Morgan fingerprint density at radius 1 is 1.21 bits per heavy atom. The Morgan fingerprint density at radius 3 is 2.67 bits per heavy atom. The molecule has 5 heteroatoms. The van der Waals surface area contributed by atoms with Gasteiger partial charge in [-0.2, -0.15) is 0 Å². The van der Waals surface area contributed by atoms with Gasteiger partial charge in [0, 0.05) is 18.0 Å². The highest BCUT2D eigenvalue weighted by atomic mass is 16.6. The zero-order valence-corrected chi connectivity index (χ0v) is 14.9. The van der Waals surface area contributed by atoms with Crippen LogP contribution in [0.25, 0.3) is 0 Å². The van der Waals surface area contributed by atoms with Gasteiger partial charge < -0.3 is 20.1 Å². The van der Waals surface area contributed by atoms with E-state index < -0.39 is 0 Å².